The summed E-state index contributed by atoms with van der Waals surface area (Å²) in [6.45, 7) is 1.52. The molecule has 2 aromatic carbocycles. The average molecular weight is 385 g/mol. The van der Waals surface area contributed by atoms with Gasteiger partial charge >= 0.3 is 0 Å². The minimum Gasteiger partial charge on any atom is -0.489 e. The number of halogens is 2. The first-order valence-electron chi connectivity index (χ1n) is 7.03. The second-order valence-corrected chi connectivity index (χ2v) is 6.54. The van der Waals surface area contributed by atoms with Gasteiger partial charge in [-0.15, -0.1) is 0 Å². The van der Waals surface area contributed by atoms with Gasteiger partial charge in [-0.2, -0.15) is 0 Å². The molecule has 1 N–H and O–H groups in total. The molecule has 0 saturated carbocycles. The largest absolute Gasteiger partial charge is 0.489 e. The molecule has 0 aliphatic rings. The first-order chi connectivity index (χ1) is 10.5. The Bertz CT molecular complexity index is 591. The smallest absolute Gasteiger partial charge is 0.138 e. The van der Waals surface area contributed by atoms with Gasteiger partial charge < -0.3 is 9.84 Å². The van der Waals surface area contributed by atoms with Crippen molar-refractivity contribution in [3.05, 3.63) is 63.6 Å². The van der Waals surface area contributed by atoms with Gasteiger partial charge in [0.25, 0.3) is 0 Å². The van der Waals surface area contributed by atoms with Crippen LogP contribution in [0, 0.1) is 0 Å². The summed E-state index contributed by atoms with van der Waals surface area (Å²) >= 11 is 9.43. The topological polar surface area (TPSA) is 32.7 Å². The maximum atomic E-state index is 10.1. The van der Waals surface area contributed by atoms with E-state index >= 15 is 0 Å². The summed E-state index contributed by atoms with van der Waals surface area (Å²) in [4.78, 5) is 2.06. The predicted molar refractivity (Wildman–Crippen MR) is 93.4 cm³/mol. The number of benzene rings is 2. The number of likely N-dealkylation sites (N-methyl/N-ethyl adjacent to an activating group) is 1. The number of hydrogen-bond acceptors (Lipinski definition) is 3. The van der Waals surface area contributed by atoms with E-state index in [-0.39, 0.29) is 6.61 Å². The van der Waals surface area contributed by atoms with E-state index in [4.69, 9.17) is 16.3 Å². The summed E-state index contributed by atoms with van der Waals surface area (Å²) in [5, 5.41) is 10.6. The standard InChI is InChI=1S/C17H19BrClNO2/c1-20(10-13-6-8-14(18)9-7-13)11-15(21)12-22-17-5-3-2-4-16(17)19/h2-9,15,21H,10-12H2,1H3. The fourth-order valence-electron chi connectivity index (χ4n) is 2.13. The zero-order valence-corrected chi connectivity index (χ0v) is 14.7. The molecule has 2 aromatic rings. The van der Waals surface area contributed by atoms with E-state index in [2.05, 4.69) is 33.0 Å². The van der Waals surface area contributed by atoms with Crippen molar-refractivity contribution in [2.24, 2.45) is 0 Å². The van der Waals surface area contributed by atoms with Crippen LogP contribution in [0.25, 0.3) is 0 Å². The van der Waals surface area contributed by atoms with Crippen molar-refractivity contribution in [2.45, 2.75) is 12.6 Å². The molecule has 22 heavy (non-hydrogen) atoms. The summed E-state index contributed by atoms with van der Waals surface area (Å²) < 4.78 is 6.61. The third-order valence-corrected chi connectivity index (χ3v) is 4.00. The number of ether oxygens (including phenoxy) is 1. The Hall–Kier alpha value is -1.07. The van der Waals surface area contributed by atoms with Gasteiger partial charge in [-0.25, -0.2) is 0 Å². The van der Waals surface area contributed by atoms with Crippen LogP contribution in [0.2, 0.25) is 5.02 Å². The molecule has 2 rings (SSSR count). The Labute approximate surface area is 144 Å². The van der Waals surface area contributed by atoms with E-state index in [1.165, 1.54) is 5.56 Å². The Morgan fingerprint density at radius 2 is 1.86 bits per heavy atom. The second-order valence-electron chi connectivity index (χ2n) is 5.22. The van der Waals surface area contributed by atoms with E-state index in [9.17, 15) is 5.11 Å². The number of aliphatic hydroxyl groups is 1. The quantitative estimate of drug-likeness (QED) is 0.784. The molecule has 0 heterocycles. The summed E-state index contributed by atoms with van der Waals surface area (Å²) in [5.74, 6) is 0.596. The Morgan fingerprint density at radius 3 is 2.55 bits per heavy atom. The van der Waals surface area contributed by atoms with Crippen LogP contribution in [-0.4, -0.2) is 36.3 Å². The van der Waals surface area contributed by atoms with Crippen molar-refractivity contribution in [1.29, 1.82) is 0 Å². The van der Waals surface area contributed by atoms with E-state index in [1.807, 2.05) is 31.3 Å². The van der Waals surface area contributed by atoms with Crippen molar-refractivity contribution in [1.82, 2.24) is 4.90 Å². The SMILES string of the molecule is CN(Cc1ccc(Br)cc1)CC(O)COc1ccccc1Cl. The van der Waals surface area contributed by atoms with Crippen LogP contribution >= 0.6 is 27.5 Å². The van der Waals surface area contributed by atoms with Crippen molar-refractivity contribution in [3.8, 4) is 5.75 Å². The molecule has 0 aliphatic heterocycles. The number of nitrogens with zero attached hydrogens (tertiary/aromatic N) is 1. The lowest BCUT2D eigenvalue weighted by molar-refractivity contribution is 0.0744. The molecule has 0 amide bonds. The molecule has 0 fully saturated rings. The number of rotatable bonds is 7. The Balaban J connectivity index is 1.77. The van der Waals surface area contributed by atoms with Gasteiger partial charge in [-0.3, -0.25) is 4.90 Å². The van der Waals surface area contributed by atoms with Crippen molar-refractivity contribution >= 4 is 27.5 Å². The molecular formula is C17H19BrClNO2. The lowest BCUT2D eigenvalue weighted by atomic mass is 10.2. The summed E-state index contributed by atoms with van der Waals surface area (Å²) in [6, 6.07) is 15.4. The molecule has 0 radical (unpaired) electrons. The minimum atomic E-state index is -0.572. The zero-order chi connectivity index (χ0) is 15.9. The van der Waals surface area contributed by atoms with Crippen molar-refractivity contribution < 1.29 is 9.84 Å². The summed E-state index contributed by atoms with van der Waals surface area (Å²) in [5.41, 5.74) is 1.20. The highest BCUT2D eigenvalue weighted by atomic mass is 79.9. The molecule has 1 unspecified atom stereocenters. The molecule has 0 spiro atoms. The molecule has 5 heteroatoms. The first-order valence-corrected chi connectivity index (χ1v) is 8.20. The fraction of sp³-hybridized carbons (Fsp3) is 0.294. The molecular weight excluding hydrogens is 366 g/mol. The molecule has 0 bridgehead atoms. The van der Waals surface area contributed by atoms with Crippen LogP contribution in [0.1, 0.15) is 5.56 Å². The van der Waals surface area contributed by atoms with Crippen LogP contribution in [-0.2, 0) is 6.54 Å². The van der Waals surface area contributed by atoms with Crippen molar-refractivity contribution in [2.75, 3.05) is 20.2 Å². The monoisotopic (exact) mass is 383 g/mol. The van der Waals surface area contributed by atoms with Gasteiger partial charge in [-0.1, -0.05) is 51.8 Å². The zero-order valence-electron chi connectivity index (χ0n) is 12.4. The Kier molecular flexibility index (Phi) is 6.70. The number of para-hydroxylation sites is 1. The predicted octanol–water partition coefficient (Wildman–Crippen LogP) is 3.97. The maximum Gasteiger partial charge on any atom is 0.138 e. The number of aliphatic hydroxyl groups excluding tert-OH is 1. The minimum absolute atomic E-state index is 0.217. The van der Waals surface area contributed by atoms with Gasteiger partial charge in [0.05, 0.1) is 5.02 Å². The number of hydrogen-bond donors (Lipinski definition) is 1. The third kappa shape index (κ3) is 5.61. The second kappa shape index (κ2) is 8.53. The van der Waals surface area contributed by atoms with Gasteiger partial charge in [0.15, 0.2) is 0 Å². The Morgan fingerprint density at radius 1 is 1.18 bits per heavy atom. The van der Waals surface area contributed by atoms with Crippen LogP contribution < -0.4 is 4.74 Å². The van der Waals surface area contributed by atoms with Crippen molar-refractivity contribution in [3.63, 3.8) is 0 Å². The van der Waals surface area contributed by atoms with E-state index in [0.29, 0.717) is 17.3 Å². The first kappa shape index (κ1) is 17.3. The van der Waals surface area contributed by atoms with Crippen LogP contribution in [0.4, 0.5) is 0 Å². The van der Waals surface area contributed by atoms with Gasteiger partial charge in [0.1, 0.15) is 18.5 Å². The normalized spacial score (nSPS) is 12.4. The van der Waals surface area contributed by atoms with E-state index in [1.54, 1.807) is 12.1 Å². The van der Waals surface area contributed by atoms with E-state index in [0.717, 1.165) is 11.0 Å². The highest BCUT2D eigenvalue weighted by Crippen LogP contribution is 2.23. The molecule has 0 saturated heterocycles. The molecule has 0 aromatic heterocycles. The third-order valence-electron chi connectivity index (χ3n) is 3.16. The summed E-state index contributed by atoms with van der Waals surface area (Å²) in [6.07, 6.45) is -0.572. The van der Waals surface area contributed by atoms with E-state index < -0.39 is 6.10 Å². The lowest BCUT2D eigenvalue weighted by Gasteiger charge is -2.21. The van der Waals surface area contributed by atoms with Crippen LogP contribution in [0.15, 0.2) is 53.0 Å². The maximum absolute atomic E-state index is 10.1. The van der Waals surface area contributed by atoms with Gasteiger partial charge in [-0.05, 0) is 36.9 Å². The molecule has 118 valence electrons. The lowest BCUT2D eigenvalue weighted by Crippen LogP contribution is -2.32. The average Bonchev–Trinajstić information content (AvgIpc) is 2.49. The summed E-state index contributed by atoms with van der Waals surface area (Å²) in [7, 11) is 1.97. The van der Waals surface area contributed by atoms with Crippen LogP contribution in [0.5, 0.6) is 5.75 Å². The molecule has 1 atom stereocenters. The molecule has 0 aliphatic carbocycles. The fourth-order valence-corrected chi connectivity index (χ4v) is 2.58. The highest BCUT2D eigenvalue weighted by molar-refractivity contribution is 9.10. The van der Waals surface area contributed by atoms with Crippen LogP contribution in [0.3, 0.4) is 0 Å². The van der Waals surface area contributed by atoms with Gasteiger partial charge in [0, 0.05) is 17.6 Å². The van der Waals surface area contributed by atoms with Gasteiger partial charge in [0.2, 0.25) is 0 Å². The highest BCUT2D eigenvalue weighted by Gasteiger charge is 2.10. The molecule has 3 nitrogen and oxygen atoms in total.